The Bertz CT molecular complexity index is 554. The molecule has 1 N–H and O–H groups in total. The van der Waals surface area contributed by atoms with Crippen molar-refractivity contribution in [3.63, 3.8) is 0 Å². The summed E-state index contributed by atoms with van der Waals surface area (Å²) in [7, 11) is 3.36. The molecular weight excluding hydrogens is 294 g/mol. The fraction of sp³-hybridized carbons (Fsp3) is 0.429. The van der Waals surface area contributed by atoms with Crippen LogP contribution in [0.3, 0.4) is 0 Å². The smallest absolute Gasteiger partial charge is 0.407 e. The molecule has 114 valence electrons. The topological polar surface area (TPSA) is 64.1 Å². The highest BCUT2D eigenvalue weighted by Crippen LogP contribution is 2.30. The highest BCUT2D eigenvalue weighted by atomic mass is 35.5. The summed E-state index contributed by atoms with van der Waals surface area (Å²) in [6.45, 7) is 1.98. The predicted octanol–water partition coefficient (Wildman–Crippen LogP) is 1.84. The molecule has 1 heterocycles. The first-order valence-electron chi connectivity index (χ1n) is 6.65. The van der Waals surface area contributed by atoms with Crippen LogP contribution in [0.15, 0.2) is 18.2 Å². The minimum Gasteiger partial charge on any atom is -0.465 e. The van der Waals surface area contributed by atoms with Crippen molar-refractivity contribution >= 4 is 29.3 Å². The minimum atomic E-state index is -0.905. The van der Waals surface area contributed by atoms with Crippen LogP contribution in [0.25, 0.3) is 0 Å². The zero-order valence-corrected chi connectivity index (χ0v) is 12.8. The van der Waals surface area contributed by atoms with Gasteiger partial charge in [-0.3, -0.25) is 4.79 Å². The van der Waals surface area contributed by atoms with Crippen molar-refractivity contribution in [2.24, 2.45) is 0 Å². The molecule has 0 saturated carbocycles. The second-order valence-electron chi connectivity index (χ2n) is 5.09. The molecular formula is C14H18ClN3O3. The van der Waals surface area contributed by atoms with Gasteiger partial charge in [-0.15, -0.1) is 0 Å². The summed E-state index contributed by atoms with van der Waals surface area (Å²) in [5, 5.41) is 9.38. The van der Waals surface area contributed by atoms with Crippen LogP contribution in [-0.4, -0.2) is 67.2 Å². The molecule has 0 atom stereocenters. The first-order chi connectivity index (χ1) is 9.91. The van der Waals surface area contributed by atoms with Gasteiger partial charge in [0.15, 0.2) is 0 Å². The number of rotatable bonds is 2. The van der Waals surface area contributed by atoms with Crippen molar-refractivity contribution in [1.82, 2.24) is 9.80 Å². The van der Waals surface area contributed by atoms with E-state index in [1.165, 1.54) is 9.80 Å². The van der Waals surface area contributed by atoms with E-state index in [0.29, 0.717) is 36.8 Å². The Balaban J connectivity index is 2.20. The molecule has 1 aromatic rings. The first-order valence-corrected chi connectivity index (χ1v) is 7.02. The third kappa shape index (κ3) is 3.21. The molecule has 1 fully saturated rings. The minimum absolute atomic E-state index is 0.147. The molecule has 7 heteroatoms. The number of piperazine rings is 1. The van der Waals surface area contributed by atoms with Crippen LogP contribution in [0, 0.1) is 0 Å². The van der Waals surface area contributed by atoms with E-state index in [2.05, 4.69) is 0 Å². The van der Waals surface area contributed by atoms with E-state index in [1.807, 2.05) is 11.0 Å². The molecule has 0 aliphatic carbocycles. The SMILES string of the molecule is CN(C)C(=O)c1cccc(N2CCN(C(=O)O)CC2)c1Cl. The van der Waals surface area contributed by atoms with Gasteiger partial charge in [-0.05, 0) is 12.1 Å². The second-order valence-corrected chi connectivity index (χ2v) is 5.47. The predicted molar refractivity (Wildman–Crippen MR) is 81.3 cm³/mol. The average Bonchev–Trinajstić information content (AvgIpc) is 2.47. The molecule has 0 spiro atoms. The number of hydrogen-bond acceptors (Lipinski definition) is 3. The summed E-state index contributed by atoms with van der Waals surface area (Å²) < 4.78 is 0. The maximum Gasteiger partial charge on any atom is 0.407 e. The third-order valence-corrected chi connectivity index (χ3v) is 3.90. The monoisotopic (exact) mass is 311 g/mol. The maximum absolute atomic E-state index is 12.1. The van der Waals surface area contributed by atoms with E-state index in [-0.39, 0.29) is 5.91 Å². The van der Waals surface area contributed by atoms with E-state index >= 15 is 0 Å². The van der Waals surface area contributed by atoms with Crippen LogP contribution < -0.4 is 4.90 Å². The van der Waals surface area contributed by atoms with Crippen LogP contribution in [0.4, 0.5) is 10.5 Å². The van der Waals surface area contributed by atoms with Crippen molar-refractivity contribution in [2.45, 2.75) is 0 Å². The van der Waals surface area contributed by atoms with Gasteiger partial charge in [-0.25, -0.2) is 4.79 Å². The molecule has 1 saturated heterocycles. The summed E-state index contributed by atoms with van der Waals surface area (Å²) in [5.74, 6) is -0.147. The quantitative estimate of drug-likeness (QED) is 0.905. The highest BCUT2D eigenvalue weighted by Gasteiger charge is 2.23. The molecule has 1 aliphatic heterocycles. The Hall–Kier alpha value is -1.95. The fourth-order valence-electron chi connectivity index (χ4n) is 2.31. The number of anilines is 1. The van der Waals surface area contributed by atoms with Crippen molar-refractivity contribution in [2.75, 3.05) is 45.2 Å². The largest absolute Gasteiger partial charge is 0.465 e. The lowest BCUT2D eigenvalue weighted by atomic mass is 10.1. The maximum atomic E-state index is 12.1. The first kappa shape index (κ1) is 15.4. The van der Waals surface area contributed by atoms with Gasteiger partial charge in [0.25, 0.3) is 5.91 Å². The number of halogens is 1. The van der Waals surface area contributed by atoms with Gasteiger partial charge in [0, 0.05) is 40.3 Å². The Morgan fingerprint density at radius 1 is 1.19 bits per heavy atom. The number of hydrogen-bond donors (Lipinski definition) is 1. The Kier molecular flexibility index (Phi) is 4.57. The number of carbonyl (C=O) groups excluding carboxylic acids is 1. The van der Waals surface area contributed by atoms with Gasteiger partial charge < -0.3 is 19.8 Å². The molecule has 1 aromatic carbocycles. The van der Waals surface area contributed by atoms with Gasteiger partial charge in [0.2, 0.25) is 0 Å². The van der Waals surface area contributed by atoms with Gasteiger partial charge >= 0.3 is 6.09 Å². The van der Waals surface area contributed by atoms with Crippen molar-refractivity contribution in [3.8, 4) is 0 Å². The van der Waals surface area contributed by atoms with Crippen molar-refractivity contribution < 1.29 is 14.7 Å². The summed E-state index contributed by atoms with van der Waals surface area (Å²) in [6.07, 6.45) is -0.905. The van der Waals surface area contributed by atoms with E-state index in [1.54, 1.807) is 26.2 Å². The molecule has 6 nitrogen and oxygen atoms in total. The van der Waals surface area contributed by atoms with Gasteiger partial charge in [0.05, 0.1) is 16.3 Å². The Morgan fingerprint density at radius 3 is 2.33 bits per heavy atom. The normalized spacial score (nSPS) is 15.0. The summed E-state index contributed by atoms with van der Waals surface area (Å²) in [4.78, 5) is 27.9. The molecule has 2 amide bonds. The van der Waals surface area contributed by atoms with Gasteiger partial charge in [-0.2, -0.15) is 0 Å². The van der Waals surface area contributed by atoms with Crippen molar-refractivity contribution in [1.29, 1.82) is 0 Å². The molecule has 0 bridgehead atoms. The third-order valence-electron chi connectivity index (χ3n) is 3.51. The van der Waals surface area contributed by atoms with Crippen LogP contribution in [0.1, 0.15) is 10.4 Å². The summed E-state index contributed by atoms with van der Waals surface area (Å²) >= 11 is 6.36. The van der Waals surface area contributed by atoms with E-state index < -0.39 is 6.09 Å². The lowest BCUT2D eigenvalue weighted by Crippen LogP contribution is -2.48. The lowest BCUT2D eigenvalue weighted by Gasteiger charge is -2.35. The zero-order chi connectivity index (χ0) is 15.6. The van der Waals surface area contributed by atoms with Crippen molar-refractivity contribution in [3.05, 3.63) is 28.8 Å². The fourth-order valence-corrected chi connectivity index (χ4v) is 2.64. The molecule has 0 radical (unpaired) electrons. The zero-order valence-electron chi connectivity index (χ0n) is 12.0. The molecule has 0 aromatic heterocycles. The number of carbonyl (C=O) groups is 2. The van der Waals surface area contributed by atoms with Gasteiger partial charge in [0.1, 0.15) is 0 Å². The van der Waals surface area contributed by atoms with Crippen LogP contribution in [0.2, 0.25) is 5.02 Å². The second kappa shape index (κ2) is 6.22. The lowest BCUT2D eigenvalue weighted by molar-refractivity contribution is 0.0827. The van der Waals surface area contributed by atoms with Crippen LogP contribution in [-0.2, 0) is 0 Å². The number of amides is 2. The number of benzene rings is 1. The Labute approximate surface area is 128 Å². The molecule has 1 aliphatic rings. The summed E-state index contributed by atoms with van der Waals surface area (Å²) in [5.41, 5.74) is 1.23. The number of carboxylic acid groups (broad SMARTS) is 1. The number of nitrogens with zero attached hydrogens (tertiary/aromatic N) is 3. The van der Waals surface area contributed by atoms with Gasteiger partial charge in [-0.1, -0.05) is 17.7 Å². The van der Waals surface area contributed by atoms with E-state index in [4.69, 9.17) is 16.7 Å². The van der Waals surface area contributed by atoms with Crippen LogP contribution in [0.5, 0.6) is 0 Å². The average molecular weight is 312 g/mol. The van der Waals surface area contributed by atoms with E-state index in [9.17, 15) is 9.59 Å². The summed E-state index contributed by atoms with van der Waals surface area (Å²) in [6, 6.07) is 5.34. The molecule has 2 rings (SSSR count). The standard InChI is InChI=1S/C14H18ClN3O3/c1-16(2)13(19)10-4-3-5-11(12(10)15)17-6-8-18(9-7-17)14(20)21/h3-5H,6-9H2,1-2H3,(H,20,21). The Morgan fingerprint density at radius 2 is 1.81 bits per heavy atom. The molecule has 21 heavy (non-hydrogen) atoms. The van der Waals surface area contributed by atoms with E-state index in [0.717, 1.165) is 5.69 Å². The van der Waals surface area contributed by atoms with Crippen LogP contribution >= 0.6 is 11.6 Å². The molecule has 0 unspecified atom stereocenters. The highest BCUT2D eigenvalue weighted by molar-refractivity contribution is 6.36.